The van der Waals surface area contributed by atoms with E-state index in [1.54, 1.807) is 24.1 Å². The molecule has 1 aromatic heterocycles. The number of thioether (sulfide) groups is 1. The molecule has 18 heavy (non-hydrogen) atoms. The maximum Gasteiger partial charge on any atom is 0.123 e. The predicted molar refractivity (Wildman–Crippen MR) is 70.0 cm³/mol. The second kappa shape index (κ2) is 5.16. The van der Waals surface area contributed by atoms with Gasteiger partial charge in [-0.3, -0.25) is 0 Å². The Kier molecular flexibility index (Phi) is 3.39. The SMILES string of the molecule is Fc1ccc2c(c1)C(NCc1ccco1)CCS2. The lowest BCUT2D eigenvalue weighted by molar-refractivity contribution is 0.438. The number of hydrogen-bond donors (Lipinski definition) is 1. The van der Waals surface area contributed by atoms with Crippen LogP contribution in [0.1, 0.15) is 23.8 Å². The zero-order valence-electron chi connectivity index (χ0n) is 9.86. The Hall–Kier alpha value is -1.26. The topological polar surface area (TPSA) is 25.2 Å². The third-order valence-electron chi connectivity index (χ3n) is 3.11. The van der Waals surface area contributed by atoms with Gasteiger partial charge in [-0.1, -0.05) is 0 Å². The first-order chi connectivity index (χ1) is 8.83. The van der Waals surface area contributed by atoms with Crippen LogP contribution < -0.4 is 5.32 Å². The minimum atomic E-state index is -0.166. The van der Waals surface area contributed by atoms with Crippen molar-refractivity contribution < 1.29 is 8.81 Å². The highest BCUT2D eigenvalue weighted by atomic mass is 32.2. The summed E-state index contributed by atoms with van der Waals surface area (Å²) in [5.74, 6) is 1.81. The Bertz CT molecular complexity index is 527. The van der Waals surface area contributed by atoms with Gasteiger partial charge in [0.25, 0.3) is 0 Å². The largest absolute Gasteiger partial charge is 0.468 e. The molecule has 0 saturated carbocycles. The minimum Gasteiger partial charge on any atom is -0.468 e. The zero-order valence-corrected chi connectivity index (χ0v) is 10.7. The highest BCUT2D eigenvalue weighted by Crippen LogP contribution is 2.36. The fourth-order valence-electron chi connectivity index (χ4n) is 2.21. The molecule has 2 aromatic rings. The van der Waals surface area contributed by atoms with E-state index in [4.69, 9.17) is 4.42 Å². The van der Waals surface area contributed by atoms with Crippen molar-refractivity contribution in [3.63, 3.8) is 0 Å². The van der Waals surface area contributed by atoms with Gasteiger partial charge < -0.3 is 9.73 Å². The van der Waals surface area contributed by atoms with E-state index in [1.165, 1.54) is 11.0 Å². The first kappa shape index (κ1) is 11.8. The highest BCUT2D eigenvalue weighted by Gasteiger charge is 2.20. The molecule has 0 radical (unpaired) electrons. The van der Waals surface area contributed by atoms with Gasteiger partial charge in [-0.2, -0.15) is 0 Å². The van der Waals surface area contributed by atoms with Crippen LogP contribution in [0.4, 0.5) is 4.39 Å². The van der Waals surface area contributed by atoms with Gasteiger partial charge in [0.1, 0.15) is 11.6 Å². The molecule has 2 heterocycles. The summed E-state index contributed by atoms with van der Waals surface area (Å²) in [4.78, 5) is 1.18. The summed E-state index contributed by atoms with van der Waals surface area (Å²) in [5, 5.41) is 3.43. The summed E-state index contributed by atoms with van der Waals surface area (Å²) in [6, 6.07) is 9.07. The van der Waals surface area contributed by atoms with Crippen LogP contribution in [-0.4, -0.2) is 5.75 Å². The van der Waals surface area contributed by atoms with Crippen LogP contribution in [0.3, 0.4) is 0 Å². The minimum absolute atomic E-state index is 0.166. The lowest BCUT2D eigenvalue weighted by Crippen LogP contribution is -2.24. The lowest BCUT2D eigenvalue weighted by atomic mass is 10.0. The molecule has 4 heteroatoms. The van der Waals surface area contributed by atoms with Crippen molar-refractivity contribution in [1.29, 1.82) is 0 Å². The molecule has 94 valence electrons. The fourth-order valence-corrected chi connectivity index (χ4v) is 3.32. The molecule has 0 bridgehead atoms. The number of furan rings is 1. The molecule has 3 rings (SSSR count). The van der Waals surface area contributed by atoms with Crippen LogP contribution in [0.5, 0.6) is 0 Å². The van der Waals surface area contributed by atoms with E-state index in [-0.39, 0.29) is 11.9 Å². The Morgan fingerprint density at radius 2 is 2.33 bits per heavy atom. The van der Waals surface area contributed by atoms with E-state index in [9.17, 15) is 4.39 Å². The van der Waals surface area contributed by atoms with E-state index >= 15 is 0 Å². The summed E-state index contributed by atoms with van der Waals surface area (Å²) < 4.78 is 18.6. The molecule has 1 atom stereocenters. The number of nitrogens with one attached hydrogen (secondary N) is 1. The molecule has 1 N–H and O–H groups in total. The quantitative estimate of drug-likeness (QED) is 0.913. The van der Waals surface area contributed by atoms with Crippen molar-refractivity contribution in [2.75, 3.05) is 5.75 Å². The van der Waals surface area contributed by atoms with Crippen LogP contribution in [0.15, 0.2) is 45.9 Å². The van der Waals surface area contributed by atoms with Crippen LogP contribution in [0, 0.1) is 5.82 Å². The maximum absolute atomic E-state index is 13.3. The number of hydrogen-bond acceptors (Lipinski definition) is 3. The molecule has 2 nitrogen and oxygen atoms in total. The van der Waals surface area contributed by atoms with Gasteiger partial charge in [0.15, 0.2) is 0 Å². The molecule has 0 spiro atoms. The summed E-state index contributed by atoms with van der Waals surface area (Å²) >= 11 is 1.79. The highest BCUT2D eigenvalue weighted by molar-refractivity contribution is 7.99. The normalized spacial score (nSPS) is 18.6. The van der Waals surface area contributed by atoms with E-state index in [0.717, 1.165) is 23.5 Å². The van der Waals surface area contributed by atoms with E-state index < -0.39 is 0 Å². The van der Waals surface area contributed by atoms with Gasteiger partial charge in [-0.15, -0.1) is 11.8 Å². The second-order valence-electron chi connectivity index (χ2n) is 4.33. The average Bonchev–Trinajstić information content (AvgIpc) is 2.89. The predicted octanol–water partition coefficient (Wildman–Crippen LogP) is 3.75. The zero-order chi connectivity index (χ0) is 12.4. The van der Waals surface area contributed by atoms with Crippen molar-refractivity contribution in [3.05, 3.63) is 53.7 Å². The van der Waals surface area contributed by atoms with Crippen molar-refractivity contribution in [2.45, 2.75) is 23.9 Å². The lowest BCUT2D eigenvalue weighted by Gasteiger charge is -2.25. The first-order valence-corrected chi connectivity index (χ1v) is 6.99. The summed E-state index contributed by atoms with van der Waals surface area (Å²) in [6.07, 6.45) is 2.68. The Labute approximate surface area is 110 Å². The van der Waals surface area contributed by atoms with Gasteiger partial charge in [0, 0.05) is 10.9 Å². The van der Waals surface area contributed by atoms with Gasteiger partial charge in [-0.25, -0.2) is 4.39 Å². The van der Waals surface area contributed by atoms with E-state index in [2.05, 4.69) is 5.32 Å². The van der Waals surface area contributed by atoms with Crippen LogP contribution in [0.25, 0.3) is 0 Å². The molecule has 1 aliphatic rings. The average molecular weight is 263 g/mol. The number of benzene rings is 1. The summed E-state index contributed by atoms with van der Waals surface area (Å²) in [6.45, 7) is 0.679. The van der Waals surface area contributed by atoms with Crippen molar-refractivity contribution >= 4 is 11.8 Å². The smallest absolute Gasteiger partial charge is 0.123 e. The monoisotopic (exact) mass is 263 g/mol. The Balaban J connectivity index is 1.76. The molecule has 0 aliphatic carbocycles. The fraction of sp³-hybridized carbons (Fsp3) is 0.286. The first-order valence-electron chi connectivity index (χ1n) is 6.01. The summed E-state index contributed by atoms with van der Waals surface area (Å²) in [7, 11) is 0. The van der Waals surface area contributed by atoms with E-state index in [0.29, 0.717) is 6.54 Å². The molecule has 0 amide bonds. The molecule has 1 unspecified atom stereocenters. The van der Waals surface area contributed by atoms with Gasteiger partial charge in [0.05, 0.1) is 12.8 Å². The molecule has 0 saturated heterocycles. The van der Waals surface area contributed by atoms with E-state index in [1.807, 2.05) is 18.2 Å². The molecule has 1 aliphatic heterocycles. The van der Waals surface area contributed by atoms with Crippen molar-refractivity contribution in [3.8, 4) is 0 Å². The van der Waals surface area contributed by atoms with Crippen molar-refractivity contribution in [2.24, 2.45) is 0 Å². The Morgan fingerprint density at radius 3 is 3.17 bits per heavy atom. The third kappa shape index (κ3) is 2.44. The van der Waals surface area contributed by atoms with Crippen molar-refractivity contribution in [1.82, 2.24) is 5.32 Å². The molecule has 1 aromatic carbocycles. The number of fused-ring (bicyclic) bond motifs is 1. The summed E-state index contributed by atoms with van der Waals surface area (Å²) in [5.41, 5.74) is 1.07. The van der Waals surface area contributed by atoms with Gasteiger partial charge >= 0.3 is 0 Å². The number of halogens is 1. The van der Waals surface area contributed by atoms with Crippen LogP contribution >= 0.6 is 11.8 Å². The molecule has 0 fully saturated rings. The second-order valence-corrected chi connectivity index (χ2v) is 5.47. The third-order valence-corrected chi connectivity index (χ3v) is 4.24. The van der Waals surface area contributed by atoms with Gasteiger partial charge in [0.2, 0.25) is 0 Å². The van der Waals surface area contributed by atoms with Gasteiger partial charge in [-0.05, 0) is 48.1 Å². The van der Waals surface area contributed by atoms with Crippen LogP contribution in [-0.2, 0) is 6.54 Å². The maximum atomic E-state index is 13.3. The number of rotatable bonds is 3. The van der Waals surface area contributed by atoms with Crippen LogP contribution in [0.2, 0.25) is 0 Å². The Morgan fingerprint density at radius 1 is 1.39 bits per heavy atom. The molecular formula is C14H14FNOS. The standard InChI is InChI=1S/C14H14FNOS/c15-10-3-4-14-12(8-10)13(5-7-18-14)16-9-11-2-1-6-17-11/h1-4,6,8,13,16H,5,7,9H2. The molecular weight excluding hydrogens is 249 g/mol.